The van der Waals surface area contributed by atoms with Crippen molar-refractivity contribution in [1.82, 2.24) is 0 Å². The zero-order valence-electron chi connectivity index (χ0n) is 9.77. The van der Waals surface area contributed by atoms with Crippen LogP contribution in [0.25, 0.3) is 11.1 Å². The average Bonchev–Trinajstić information content (AvgIpc) is 2.85. The molecule has 0 aromatic heterocycles. The highest BCUT2D eigenvalue weighted by molar-refractivity contribution is 9.10. The van der Waals surface area contributed by atoms with Crippen LogP contribution in [-0.2, 0) is 0 Å². The molecule has 0 spiro atoms. The minimum atomic E-state index is 0.286. The van der Waals surface area contributed by atoms with E-state index in [2.05, 4.69) is 15.9 Å². The third-order valence-corrected chi connectivity index (χ3v) is 3.52. The number of hydrogen-bond donors (Lipinski definition) is 0. The summed E-state index contributed by atoms with van der Waals surface area (Å²) in [6.07, 6.45) is 0. The van der Waals surface area contributed by atoms with Crippen molar-refractivity contribution < 1.29 is 14.2 Å². The predicted molar refractivity (Wildman–Crippen MR) is 72.3 cm³/mol. The Bertz CT molecular complexity index is 578. The number of methoxy groups -OCH3 is 1. The summed E-state index contributed by atoms with van der Waals surface area (Å²) in [6.45, 7) is 0.286. The Hall–Kier alpha value is -1.68. The number of ether oxygens (including phenoxy) is 3. The van der Waals surface area contributed by atoms with E-state index < -0.39 is 0 Å². The maximum absolute atomic E-state index is 5.39. The lowest BCUT2D eigenvalue weighted by molar-refractivity contribution is 0.174. The third kappa shape index (κ3) is 1.93. The van der Waals surface area contributed by atoms with Gasteiger partial charge in [-0.15, -0.1) is 0 Å². The zero-order valence-corrected chi connectivity index (χ0v) is 11.4. The van der Waals surface area contributed by atoms with Crippen LogP contribution in [-0.4, -0.2) is 13.9 Å². The summed E-state index contributed by atoms with van der Waals surface area (Å²) in [7, 11) is 1.66. The molecule has 0 unspecified atom stereocenters. The first kappa shape index (κ1) is 11.4. The van der Waals surface area contributed by atoms with E-state index in [0.29, 0.717) is 0 Å². The second-order valence-electron chi connectivity index (χ2n) is 3.91. The molecule has 0 N–H and O–H groups in total. The summed E-state index contributed by atoms with van der Waals surface area (Å²) in [5, 5.41) is 0. The van der Waals surface area contributed by atoms with Crippen LogP contribution in [0.15, 0.2) is 40.9 Å². The van der Waals surface area contributed by atoms with Crippen molar-refractivity contribution in [3.05, 3.63) is 40.9 Å². The molecule has 0 aliphatic carbocycles. The molecule has 1 aliphatic rings. The van der Waals surface area contributed by atoms with Gasteiger partial charge in [0.05, 0.1) is 7.11 Å². The van der Waals surface area contributed by atoms with Crippen LogP contribution < -0.4 is 14.2 Å². The Kier molecular flexibility index (Phi) is 2.88. The highest BCUT2D eigenvalue weighted by Gasteiger charge is 2.16. The molecule has 0 bridgehead atoms. The van der Waals surface area contributed by atoms with Gasteiger partial charge in [0.2, 0.25) is 6.79 Å². The lowest BCUT2D eigenvalue weighted by atomic mass is 10.1. The molecule has 0 atom stereocenters. The predicted octanol–water partition coefficient (Wildman–Crippen LogP) is 3.85. The Morgan fingerprint density at radius 3 is 2.39 bits per heavy atom. The van der Waals surface area contributed by atoms with Gasteiger partial charge in [0.15, 0.2) is 11.5 Å². The quantitative estimate of drug-likeness (QED) is 0.843. The van der Waals surface area contributed by atoms with E-state index in [1.54, 1.807) is 7.11 Å². The van der Waals surface area contributed by atoms with Crippen LogP contribution in [0, 0.1) is 0 Å². The molecule has 18 heavy (non-hydrogen) atoms. The lowest BCUT2D eigenvalue weighted by Crippen LogP contribution is -1.92. The van der Waals surface area contributed by atoms with E-state index in [9.17, 15) is 0 Å². The Balaban J connectivity index is 2.05. The number of benzene rings is 2. The largest absolute Gasteiger partial charge is 0.497 e. The van der Waals surface area contributed by atoms with Crippen molar-refractivity contribution in [2.24, 2.45) is 0 Å². The summed E-state index contributed by atoms with van der Waals surface area (Å²) in [5.41, 5.74) is 2.17. The van der Waals surface area contributed by atoms with Crippen LogP contribution in [0.2, 0.25) is 0 Å². The zero-order chi connectivity index (χ0) is 12.5. The van der Waals surface area contributed by atoms with Gasteiger partial charge in [-0.1, -0.05) is 28.1 Å². The molecule has 92 valence electrons. The number of rotatable bonds is 2. The van der Waals surface area contributed by atoms with Gasteiger partial charge >= 0.3 is 0 Å². The van der Waals surface area contributed by atoms with Crippen molar-refractivity contribution >= 4 is 15.9 Å². The summed E-state index contributed by atoms with van der Waals surface area (Å²) < 4.78 is 16.9. The van der Waals surface area contributed by atoms with Crippen molar-refractivity contribution in [1.29, 1.82) is 0 Å². The van der Waals surface area contributed by atoms with Gasteiger partial charge in [-0.3, -0.25) is 0 Å². The van der Waals surface area contributed by atoms with Gasteiger partial charge < -0.3 is 14.2 Å². The summed E-state index contributed by atoms with van der Waals surface area (Å²) in [4.78, 5) is 0. The van der Waals surface area contributed by atoms with Crippen LogP contribution in [0.3, 0.4) is 0 Å². The molecule has 2 aromatic carbocycles. The highest BCUT2D eigenvalue weighted by atomic mass is 79.9. The second kappa shape index (κ2) is 4.53. The van der Waals surface area contributed by atoms with E-state index in [1.165, 1.54) is 0 Å². The van der Waals surface area contributed by atoms with Crippen LogP contribution in [0.1, 0.15) is 0 Å². The van der Waals surface area contributed by atoms with Crippen LogP contribution in [0.5, 0.6) is 17.2 Å². The minimum Gasteiger partial charge on any atom is -0.497 e. The van der Waals surface area contributed by atoms with Crippen molar-refractivity contribution in [2.75, 3.05) is 13.9 Å². The first-order valence-corrected chi connectivity index (χ1v) is 6.31. The number of halogens is 1. The molecule has 1 heterocycles. The average molecular weight is 307 g/mol. The lowest BCUT2D eigenvalue weighted by Gasteiger charge is -2.07. The minimum absolute atomic E-state index is 0.286. The fraction of sp³-hybridized carbons (Fsp3) is 0.143. The molecule has 4 heteroatoms. The Morgan fingerprint density at radius 2 is 1.72 bits per heavy atom. The third-order valence-electron chi connectivity index (χ3n) is 2.86. The summed E-state index contributed by atoms with van der Waals surface area (Å²) >= 11 is 3.56. The molecule has 0 saturated carbocycles. The molecule has 0 radical (unpaired) electrons. The smallest absolute Gasteiger partial charge is 0.231 e. The first-order chi connectivity index (χ1) is 8.78. The fourth-order valence-electron chi connectivity index (χ4n) is 1.91. The SMILES string of the molecule is COc1ccc(-c2cc3c(cc2Br)OCO3)cc1. The maximum atomic E-state index is 5.39. The van der Waals surface area contributed by atoms with E-state index in [0.717, 1.165) is 32.8 Å². The van der Waals surface area contributed by atoms with E-state index in [-0.39, 0.29) is 6.79 Å². The van der Waals surface area contributed by atoms with Crippen molar-refractivity contribution in [3.63, 3.8) is 0 Å². The molecule has 3 nitrogen and oxygen atoms in total. The van der Waals surface area contributed by atoms with Crippen molar-refractivity contribution in [3.8, 4) is 28.4 Å². The molecule has 1 aliphatic heterocycles. The Labute approximate surface area is 113 Å². The topological polar surface area (TPSA) is 27.7 Å². The molecular formula is C14H11BrO3. The molecule has 0 fully saturated rings. The van der Waals surface area contributed by atoms with Crippen molar-refractivity contribution in [2.45, 2.75) is 0 Å². The van der Waals surface area contributed by atoms with Gasteiger partial charge in [0, 0.05) is 4.47 Å². The Morgan fingerprint density at radius 1 is 1.06 bits per heavy atom. The normalized spacial score (nSPS) is 12.6. The highest BCUT2D eigenvalue weighted by Crippen LogP contribution is 2.41. The molecule has 3 rings (SSSR count). The van der Waals surface area contributed by atoms with Gasteiger partial charge in [-0.05, 0) is 35.4 Å². The van der Waals surface area contributed by atoms with Crippen LogP contribution >= 0.6 is 15.9 Å². The number of hydrogen-bond acceptors (Lipinski definition) is 3. The van der Waals surface area contributed by atoms with E-state index >= 15 is 0 Å². The summed E-state index contributed by atoms with van der Waals surface area (Å²) in [6, 6.07) is 11.8. The van der Waals surface area contributed by atoms with Gasteiger partial charge in [-0.2, -0.15) is 0 Å². The van der Waals surface area contributed by atoms with E-state index in [1.807, 2.05) is 36.4 Å². The molecular weight excluding hydrogens is 296 g/mol. The monoisotopic (exact) mass is 306 g/mol. The standard InChI is InChI=1S/C14H11BrO3/c1-16-10-4-2-9(3-5-10)11-6-13-14(7-12(11)15)18-8-17-13/h2-7H,8H2,1H3. The van der Waals surface area contributed by atoms with Gasteiger partial charge in [-0.25, -0.2) is 0 Å². The summed E-state index contributed by atoms with van der Waals surface area (Å²) in [5.74, 6) is 2.40. The van der Waals surface area contributed by atoms with E-state index in [4.69, 9.17) is 14.2 Å². The number of fused-ring (bicyclic) bond motifs is 1. The molecule has 0 amide bonds. The second-order valence-corrected chi connectivity index (χ2v) is 4.77. The fourth-order valence-corrected chi connectivity index (χ4v) is 2.46. The van der Waals surface area contributed by atoms with Crippen LogP contribution in [0.4, 0.5) is 0 Å². The molecule has 0 saturated heterocycles. The van der Waals surface area contributed by atoms with Gasteiger partial charge in [0.25, 0.3) is 0 Å². The maximum Gasteiger partial charge on any atom is 0.231 e. The first-order valence-electron chi connectivity index (χ1n) is 5.51. The van der Waals surface area contributed by atoms with Gasteiger partial charge in [0.1, 0.15) is 5.75 Å². The molecule has 2 aromatic rings.